The molecule has 1 aromatic heterocycles. The number of para-hydroxylation sites is 1. The van der Waals surface area contributed by atoms with Crippen LogP contribution in [0.4, 0.5) is 0 Å². The Bertz CT molecular complexity index is 658. The van der Waals surface area contributed by atoms with Crippen LogP contribution in [0.2, 0.25) is 0 Å². The van der Waals surface area contributed by atoms with E-state index in [9.17, 15) is 4.79 Å². The van der Waals surface area contributed by atoms with Gasteiger partial charge in [0.2, 0.25) is 11.7 Å². The molecule has 1 aliphatic rings. The van der Waals surface area contributed by atoms with Crippen LogP contribution >= 0.6 is 0 Å². The Hall–Kier alpha value is -2.44. The molecular formula is C17H23N5O2. The van der Waals surface area contributed by atoms with Crippen molar-refractivity contribution in [1.29, 1.82) is 0 Å². The summed E-state index contributed by atoms with van der Waals surface area (Å²) in [7, 11) is 0. The van der Waals surface area contributed by atoms with Gasteiger partial charge in [-0.25, -0.2) is 0 Å². The quantitative estimate of drug-likeness (QED) is 0.876. The summed E-state index contributed by atoms with van der Waals surface area (Å²) in [5, 5.41) is 15.1. The fraction of sp³-hybridized carbons (Fsp3) is 0.529. The van der Waals surface area contributed by atoms with E-state index in [-0.39, 0.29) is 25.1 Å². The molecule has 24 heavy (non-hydrogen) atoms. The van der Waals surface area contributed by atoms with Crippen molar-refractivity contribution in [3.63, 3.8) is 0 Å². The average molecular weight is 329 g/mol. The number of carbonyl (C=O) groups is 1. The van der Waals surface area contributed by atoms with Gasteiger partial charge in [-0.15, -0.1) is 10.2 Å². The van der Waals surface area contributed by atoms with Gasteiger partial charge in [-0.1, -0.05) is 38.0 Å². The van der Waals surface area contributed by atoms with Gasteiger partial charge in [0.15, 0.2) is 6.61 Å². The van der Waals surface area contributed by atoms with Crippen molar-refractivity contribution in [1.82, 2.24) is 25.5 Å². The number of nitrogens with one attached hydrogen (secondary N) is 1. The third-order valence-corrected chi connectivity index (χ3v) is 4.19. The van der Waals surface area contributed by atoms with Crippen LogP contribution in [0.15, 0.2) is 30.3 Å². The maximum atomic E-state index is 12.1. The first-order valence-electron chi connectivity index (χ1n) is 8.43. The average Bonchev–Trinajstić information content (AvgIpc) is 3.01. The Labute approximate surface area is 141 Å². The Balaban J connectivity index is 1.46. The minimum Gasteiger partial charge on any atom is -0.485 e. The van der Waals surface area contributed by atoms with Gasteiger partial charge in [0.1, 0.15) is 12.3 Å². The van der Waals surface area contributed by atoms with E-state index in [0.717, 1.165) is 18.6 Å². The van der Waals surface area contributed by atoms with E-state index in [1.807, 2.05) is 30.3 Å². The maximum absolute atomic E-state index is 12.1. The van der Waals surface area contributed by atoms with Gasteiger partial charge in [-0.3, -0.25) is 4.79 Å². The largest absolute Gasteiger partial charge is 0.485 e. The molecule has 2 unspecified atom stereocenters. The zero-order chi connectivity index (χ0) is 16.8. The first kappa shape index (κ1) is 16.4. The van der Waals surface area contributed by atoms with Crippen LogP contribution in [0.25, 0.3) is 0 Å². The zero-order valence-corrected chi connectivity index (χ0v) is 13.9. The normalized spacial score (nSPS) is 20.5. The number of tetrazole rings is 1. The SMILES string of the molecule is CC1CCCC(NC(=O)Cn2nnc(COc3ccccc3)n2)C1. The summed E-state index contributed by atoms with van der Waals surface area (Å²) in [6.07, 6.45) is 4.53. The third-order valence-electron chi connectivity index (χ3n) is 4.19. The number of carbonyl (C=O) groups excluding carboxylic acids is 1. The molecule has 0 radical (unpaired) electrons. The van der Waals surface area contributed by atoms with Gasteiger partial charge >= 0.3 is 0 Å². The van der Waals surface area contributed by atoms with Gasteiger partial charge in [-0.05, 0) is 36.1 Å². The first-order chi connectivity index (χ1) is 11.7. The van der Waals surface area contributed by atoms with Gasteiger partial charge < -0.3 is 10.1 Å². The second-order valence-corrected chi connectivity index (χ2v) is 6.37. The van der Waals surface area contributed by atoms with Crippen molar-refractivity contribution < 1.29 is 9.53 Å². The molecule has 1 fully saturated rings. The van der Waals surface area contributed by atoms with E-state index in [1.54, 1.807) is 0 Å². The van der Waals surface area contributed by atoms with Crippen LogP contribution < -0.4 is 10.1 Å². The summed E-state index contributed by atoms with van der Waals surface area (Å²) in [6.45, 7) is 2.55. The predicted octanol–water partition coefficient (Wildman–Crippen LogP) is 1.95. The van der Waals surface area contributed by atoms with Crippen LogP contribution in [-0.2, 0) is 17.9 Å². The molecule has 0 aliphatic heterocycles. The highest BCUT2D eigenvalue weighted by atomic mass is 16.5. The number of nitrogens with zero attached hydrogens (tertiary/aromatic N) is 4. The number of benzene rings is 1. The first-order valence-corrected chi connectivity index (χ1v) is 8.43. The lowest BCUT2D eigenvalue weighted by Crippen LogP contribution is -2.40. The highest BCUT2D eigenvalue weighted by Crippen LogP contribution is 2.23. The van der Waals surface area contributed by atoms with Crippen LogP contribution in [0.1, 0.15) is 38.4 Å². The smallest absolute Gasteiger partial charge is 0.243 e. The lowest BCUT2D eigenvalue weighted by Gasteiger charge is -2.27. The highest BCUT2D eigenvalue weighted by molar-refractivity contribution is 5.75. The van der Waals surface area contributed by atoms with E-state index in [0.29, 0.717) is 11.7 Å². The lowest BCUT2D eigenvalue weighted by atomic mass is 9.87. The fourth-order valence-electron chi connectivity index (χ4n) is 3.03. The molecule has 3 rings (SSSR count). The second kappa shape index (κ2) is 7.90. The predicted molar refractivity (Wildman–Crippen MR) is 88.2 cm³/mol. The van der Waals surface area contributed by atoms with Crippen molar-refractivity contribution >= 4 is 5.91 Å². The van der Waals surface area contributed by atoms with Crippen molar-refractivity contribution in [2.75, 3.05) is 0 Å². The molecule has 1 N–H and O–H groups in total. The topological polar surface area (TPSA) is 81.9 Å². The summed E-state index contributed by atoms with van der Waals surface area (Å²) >= 11 is 0. The molecule has 7 heteroatoms. The Morgan fingerprint density at radius 3 is 2.96 bits per heavy atom. The summed E-state index contributed by atoms with van der Waals surface area (Å²) in [5.41, 5.74) is 0. The van der Waals surface area contributed by atoms with E-state index in [2.05, 4.69) is 27.7 Å². The fourth-order valence-corrected chi connectivity index (χ4v) is 3.03. The van der Waals surface area contributed by atoms with Gasteiger partial charge in [-0.2, -0.15) is 4.80 Å². The molecule has 1 amide bonds. The van der Waals surface area contributed by atoms with Crippen molar-refractivity contribution in [3.05, 3.63) is 36.2 Å². The molecule has 1 aromatic carbocycles. The molecule has 2 atom stereocenters. The minimum atomic E-state index is -0.0676. The summed E-state index contributed by atoms with van der Waals surface area (Å²) in [6, 6.07) is 9.72. The molecule has 0 spiro atoms. The molecule has 1 saturated carbocycles. The molecular weight excluding hydrogens is 306 g/mol. The van der Waals surface area contributed by atoms with Crippen molar-refractivity contribution in [3.8, 4) is 5.75 Å². The van der Waals surface area contributed by atoms with E-state index in [1.165, 1.54) is 17.6 Å². The number of ether oxygens (including phenoxy) is 1. The Morgan fingerprint density at radius 2 is 2.17 bits per heavy atom. The zero-order valence-electron chi connectivity index (χ0n) is 13.9. The number of rotatable bonds is 6. The Morgan fingerprint density at radius 1 is 1.33 bits per heavy atom. The van der Waals surface area contributed by atoms with Crippen LogP contribution in [-0.4, -0.2) is 32.2 Å². The van der Waals surface area contributed by atoms with Gasteiger partial charge in [0.05, 0.1) is 0 Å². The summed E-state index contributed by atoms with van der Waals surface area (Å²) in [4.78, 5) is 13.4. The van der Waals surface area contributed by atoms with E-state index < -0.39 is 0 Å². The van der Waals surface area contributed by atoms with Crippen molar-refractivity contribution in [2.24, 2.45) is 5.92 Å². The van der Waals surface area contributed by atoms with Gasteiger partial charge in [0, 0.05) is 6.04 Å². The Kier molecular flexibility index (Phi) is 5.40. The maximum Gasteiger partial charge on any atom is 0.243 e. The molecule has 128 valence electrons. The van der Waals surface area contributed by atoms with E-state index in [4.69, 9.17) is 4.74 Å². The molecule has 0 saturated heterocycles. The minimum absolute atomic E-state index is 0.0676. The van der Waals surface area contributed by atoms with Gasteiger partial charge in [0.25, 0.3) is 0 Å². The number of hydrogen-bond acceptors (Lipinski definition) is 5. The van der Waals surface area contributed by atoms with Crippen LogP contribution in [0, 0.1) is 5.92 Å². The summed E-state index contributed by atoms with van der Waals surface area (Å²) < 4.78 is 5.56. The van der Waals surface area contributed by atoms with Crippen molar-refractivity contribution in [2.45, 2.75) is 51.8 Å². The molecule has 1 aliphatic carbocycles. The van der Waals surface area contributed by atoms with Crippen LogP contribution in [0.5, 0.6) is 5.75 Å². The monoisotopic (exact) mass is 329 g/mol. The number of amides is 1. The molecule has 2 aromatic rings. The van der Waals surface area contributed by atoms with Crippen LogP contribution in [0.3, 0.4) is 0 Å². The number of hydrogen-bond donors (Lipinski definition) is 1. The molecule has 7 nitrogen and oxygen atoms in total. The summed E-state index contributed by atoms with van der Waals surface area (Å²) in [5.74, 6) is 1.81. The third kappa shape index (κ3) is 4.78. The lowest BCUT2D eigenvalue weighted by molar-refractivity contribution is -0.123. The highest BCUT2D eigenvalue weighted by Gasteiger charge is 2.20. The molecule has 0 bridgehead atoms. The standard InChI is InChI=1S/C17H23N5O2/c1-13-6-5-7-14(10-13)18-17(23)11-22-20-16(19-21-22)12-24-15-8-3-2-4-9-15/h2-4,8-9,13-14H,5-7,10-12H2,1H3,(H,18,23). The molecule has 1 heterocycles. The van der Waals surface area contributed by atoms with E-state index >= 15 is 0 Å². The number of aromatic nitrogens is 4. The second-order valence-electron chi connectivity index (χ2n) is 6.37.